The predicted octanol–water partition coefficient (Wildman–Crippen LogP) is 1.16. The van der Waals surface area contributed by atoms with Gasteiger partial charge >= 0.3 is 0 Å². The van der Waals surface area contributed by atoms with Gasteiger partial charge in [-0.05, 0) is 45.7 Å². The standard InChI is InChI=1S/C11H21N3/c1-12-9-11-5-8-14(10-11)7-4-6-13(2)3/h5,8,10,12H,4,6-7,9H2,1-3H3. The maximum atomic E-state index is 3.15. The maximum absolute atomic E-state index is 3.15. The molecule has 0 aliphatic rings. The van der Waals surface area contributed by atoms with Crippen LogP contribution in [-0.2, 0) is 13.1 Å². The normalized spacial score (nSPS) is 11.1. The monoisotopic (exact) mass is 195 g/mol. The van der Waals surface area contributed by atoms with Gasteiger partial charge in [0.15, 0.2) is 0 Å². The second-order valence-electron chi connectivity index (χ2n) is 3.94. The first-order valence-corrected chi connectivity index (χ1v) is 5.16. The molecule has 80 valence electrons. The van der Waals surface area contributed by atoms with Crippen LogP contribution in [0.1, 0.15) is 12.0 Å². The molecule has 1 aromatic rings. The molecule has 1 rings (SSSR count). The van der Waals surface area contributed by atoms with E-state index < -0.39 is 0 Å². The van der Waals surface area contributed by atoms with Gasteiger partial charge in [-0.25, -0.2) is 0 Å². The van der Waals surface area contributed by atoms with Crippen molar-refractivity contribution in [3.8, 4) is 0 Å². The Morgan fingerprint density at radius 2 is 2.21 bits per heavy atom. The summed E-state index contributed by atoms with van der Waals surface area (Å²) in [5, 5.41) is 3.15. The largest absolute Gasteiger partial charge is 0.354 e. The van der Waals surface area contributed by atoms with Gasteiger partial charge in [0.2, 0.25) is 0 Å². The van der Waals surface area contributed by atoms with Crippen LogP contribution in [0.4, 0.5) is 0 Å². The van der Waals surface area contributed by atoms with Crippen LogP contribution in [0.15, 0.2) is 18.5 Å². The molecule has 0 amide bonds. The fourth-order valence-electron chi connectivity index (χ4n) is 1.51. The van der Waals surface area contributed by atoms with E-state index in [4.69, 9.17) is 0 Å². The minimum absolute atomic E-state index is 0.959. The summed E-state index contributed by atoms with van der Waals surface area (Å²) in [4.78, 5) is 2.22. The van der Waals surface area contributed by atoms with Crippen LogP contribution in [0.5, 0.6) is 0 Å². The molecule has 3 nitrogen and oxygen atoms in total. The molecule has 0 aromatic carbocycles. The van der Waals surface area contributed by atoms with Gasteiger partial charge in [0, 0.05) is 25.5 Å². The molecule has 14 heavy (non-hydrogen) atoms. The predicted molar refractivity (Wildman–Crippen MR) is 60.4 cm³/mol. The third-order valence-corrected chi connectivity index (χ3v) is 2.21. The molecular formula is C11H21N3. The summed E-state index contributed by atoms with van der Waals surface area (Å²) in [5.41, 5.74) is 1.36. The lowest BCUT2D eigenvalue weighted by Crippen LogP contribution is -2.14. The van der Waals surface area contributed by atoms with Crippen molar-refractivity contribution in [2.45, 2.75) is 19.5 Å². The molecule has 0 radical (unpaired) electrons. The molecule has 0 aliphatic carbocycles. The summed E-state index contributed by atoms with van der Waals surface area (Å²) in [6.07, 6.45) is 5.58. The lowest BCUT2D eigenvalue weighted by molar-refractivity contribution is 0.386. The Hall–Kier alpha value is -0.800. The first-order chi connectivity index (χ1) is 6.72. The van der Waals surface area contributed by atoms with Crippen molar-refractivity contribution in [1.82, 2.24) is 14.8 Å². The number of aromatic nitrogens is 1. The van der Waals surface area contributed by atoms with Crippen molar-refractivity contribution >= 4 is 0 Å². The molecule has 0 aliphatic heterocycles. The summed E-state index contributed by atoms with van der Waals surface area (Å²) in [6, 6.07) is 2.17. The zero-order valence-corrected chi connectivity index (χ0v) is 9.45. The third-order valence-electron chi connectivity index (χ3n) is 2.21. The van der Waals surface area contributed by atoms with E-state index in [9.17, 15) is 0 Å². The number of nitrogens with zero attached hydrogens (tertiary/aromatic N) is 2. The number of rotatable bonds is 6. The van der Waals surface area contributed by atoms with E-state index in [0.717, 1.165) is 19.6 Å². The number of hydrogen-bond acceptors (Lipinski definition) is 2. The van der Waals surface area contributed by atoms with Crippen molar-refractivity contribution in [2.75, 3.05) is 27.7 Å². The Labute approximate surface area is 86.7 Å². The summed E-state index contributed by atoms with van der Waals surface area (Å²) >= 11 is 0. The Morgan fingerprint density at radius 1 is 1.43 bits per heavy atom. The smallest absolute Gasteiger partial charge is 0.0231 e. The number of nitrogens with one attached hydrogen (secondary N) is 1. The van der Waals surface area contributed by atoms with Crippen molar-refractivity contribution in [1.29, 1.82) is 0 Å². The second-order valence-corrected chi connectivity index (χ2v) is 3.94. The molecule has 1 heterocycles. The molecule has 0 unspecified atom stereocenters. The van der Waals surface area contributed by atoms with Gasteiger partial charge < -0.3 is 14.8 Å². The average molecular weight is 195 g/mol. The van der Waals surface area contributed by atoms with Gasteiger partial charge in [0.25, 0.3) is 0 Å². The van der Waals surface area contributed by atoms with Crippen LogP contribution in [0, 0.1) is 0 Å². The van der Waals surface area contributed by atoms with Crippen LogP contribution in [0.3, 0.4) is 0 Å². The summed E-state index contributed by atoms with van der Waals surface area (Å²) in [6.45, 7) is 3.22. The van der Waals surface area contributed by atoms with E-state index in [1.54, 1.807) is 0 Å². The van der Waals surface area contributed by atoms with E-state index in [2.05, 4.69) is 47.3 Å². The highest BCUT2D eigenvalue weighted by Crippen LogP contribution is 2.01. The zero-order chi connectivity index (χ0) is 10.4. The Bertz CT molecular complexity index is 253. The Morgan fingerprint density at radius 3 is 2.86 bits per heavy atom. The van der Waals surface area contributed by atoms with E-state index in [1.165, 1.54) is 12.0 Å². The van der Waals surface area contributed by atoms with Crippen molar-refractivity contribution in [2.24, 2.45) is 0 Å². The molecule has 0 atom stereocenters. The van der Waals surface area contributed by atoms with E-state index in [1.807, 2.05) is 7.05 Å². The SMILES string of the molecule is CNCc1ccn(CCCN(C)C)c1. The van der Waals surface area contributed by atoms with Crippen molar-refractivity contribution in [3.63, 3.8) is 0 Å². The Kier molecular flexibility index (Phi) is 4.70. The topological polar surface area (TPSA) is 20.2 Å². The highest BCUT2D eigenvalue weighted by atomic mass is 15.1. The number of hydrogen-bond donors (Lipinski definition) is 1. The molecular weight excluding hydrogens is 174 g/mol. The summed E-state index contributed by atoms with van der Waals surface area (Å²) < 4.78 is 2.26. The third kappa shape index (κ3) is 3.94. The quantitative estimate of drug-likeness (QED) is 0.735. The van der Waals surface area contributed by atoms with Crippen LogP contribution >= 0.6 is 0 Å². The van der Waals surface area contributed by atoms with Gasteiger partial charge in [-0.3, -0.25) is 0 Å². The second kappa shape index (κ2) is 5.83. The van der Waals surface area contributed by atoms with E-state index in [0.29, 0.717) is 0 Å². The van der Waals surface area contributed by atoms with Crippen LogP contribution in [0.25, 0.3) is 0 Å². The Balaban J connectivity index is 2.28. The fraction of sp³-hybridized carbons (Fsp3) is 0.636. The maximum Gasteiger partial charge on any atom is 0.0231 e. The van der Waals surface area contributed by atoms with Gasteiger partial charge in [0.05, 0.1) is 0 Å². The van der Waals surface area contributed by atoms with Crippen LogP contribution in [-0.4, -0.2) is 37.2 Å². The van der Waals surface area contributed by atoms with E-state index >= 15 is 0 Å². The molecule has 0 saturated heterocycles. The molecule has 3 heteroatoms. The molecule has 0 saturated carbocycles. The van der Waals surface area contributed by atoms with Gasteiger partial charge in [-0.15, -0.1) is 0 Å². The molecule has 0 bridgehead atoms. The average Bonchev–Trinajstić information content (AvgIpc) is 2.53. The minimum Gasteiger partial charge on any atom is -0.354 e. The molecule has 0 spiro atoms. The van der Waals surface area contributed by atoms with Crippen molar-refractivity contribution in [3.05, 3.63) is 24.0 Å². The number of aryl methyl sites for hydroxylation is 1. The first kappa shape index (κ1) is 11.3. The highest BCUT2D eigenvalue weighted by Gasteiger charge is 1.96. The minimum atomic E-state index is 0.959. The summed E-state index contributed by atoms with van der Waals surface area (Å²) in [5.74, 6) is 0. The van der Waals surface area contributed by atoms with Gasteiger partial charge in [0.1, 0.15) is 0 Å². The molecule has 1 aromatic heterocycles. The lowest BCUT2D eigenvalue weighted by Gasteiger charge is -2.09. The van der Waals surface area contributed by atoms with Gasteiger partial charge in [-0.1, -0.05) is 0 Å². The van der Waals surface area contributed by atoms with Crippen molar-refractivity contribution < 1.29 is 0 Å². The first-order valence-electron chi connectivity index (χ1n) is 5.16. The molecule has 0 fully saturated rings. The lowest BCUT2D eigenvalue weighted by atomic mass is 10.3. The fourth-order valence-corrected chi connectivity index (χ4v) is 1.51. The van der Waals surface area contributed by atoms with Crippen LogP contribution < -0.4 is 5.32 Å². The summed E-state index contributed by atoms with van der Waals surface area (Å²) in [7, 11) is 6.20. The van der Waals surface area contributed by atoms with Gasteiger partial charge in [-0.2, -0.15) is 0 Å². The van der Waals surface area contributed by atoms with Crippen LogP contribution in [0.2, 0.25) is 0 Å². The highest BCUT2D eigenvalue weighted by molar-refractivity contribution is 5.09. The van der Waals surface area contributed by atoms with E-state index in [-0.39, 0.29) is 0 Å². The zero-order valence-electron chi connectivity index (χ0n) is 9.45. The molecule has 1 N–H and O–H groups in total.